The summed E-state index contributed by atoms with van der Waals surface area (Å²) in [4.78, 5) is 11.7. The van der Waals surface area contributed by atoms with Crippen molar-refractivity contribution in [2.24, 2.45) is 5.92 Å². The number of hydrogen-bond acceptors (Lipinski definition) is 3. The number of halogens is 1. The molecule has 0 aliphatic heterocycles. The summed E-state index contributed by atoms with van der Waals surface area (Å²) in [6, 6.07) is 7.63. The fourth-order valence-corrected chi connectivity index (χ4v) is 2.82. The lowest BCUT2D eigenvalue weighted by molar-refractivity contribution is -0.119. The summed E-state index contributed by atoms with van der Waals surface area (Å²) in [5.41, 5.74) is 6.30. The lowest BCUT2D eigenvalue weighted by Crippen LogP contribution is -2.47. The summed E-state index contributed by atoms with van der Waals surface area (Å²) in [5.74, 6) is 1.54. The normalized spacial score (nSPS) is 10.4. The van der Waals surface area contributed by atoms with Crippen molar-refractivity contribution < 1.29 is 4.79 Å². The zero-order valence-electron chi connectivity index (χ0n) is 12.8. The molecule has 7 heteroatoms. The first-order valence-corrected chi connectivity index (χ1v) is 9.07. The van der Waals surface area contributed by atoms with Gasteiger partial charge in [0.25, 0.3) is 0 Å². The van der Waals surface area contributed by atoms with E-state index in [9.17, 15) is 4.79 Å². The van der Waals surface area contributed by atoms with E-state index in [0.29, 0.717) is 22.5 Å². The van der Waals surface area contributed by atoms with E-state index >= 15 is 0 Å². The summed E-state index contributed by atoms with van der Waals surface area (Å²) in [5, 5.41) is 4.20. The Balaban J connectivity index is 2.13. The molecular weight excluding hydrogens is 338 g/mol. The molecule has 0 atom stereocenters. The molecule has 0 unspecified atom stereocenters. The molecule has 0 radical (unpaired) electrons. The zero-order chi connectivity index (χ0) is 16.4. The quantitative estimate of drug-likeness (QED) is 0.516. The van der Waals surface area contributed by atoms with E-state index < -0.39 is 0 Å². The first-order valence-electron chi connectivity index (χ1n) is 7.13. The van der Waals surface area contributed by atoms with Gasteiger partial charge >= 0.3 is 0 Å². The Labute approximate surface area is 146 Å². The first kappa shape index (κ1) is 19.1. The molecule has 4 nitrogen and oxygen atoms in total. The summed E-state index contributed by atoms with van der Waals surface area (Å²) in [7, 11) is 0. The third-order valence-corrected chi connectivity index (χ3v) is 4.37. The predicted octanol–water partition coefficient (Wildman–Crippen LogP) is 3.11. The number of thioether (sulfide) groups is 1. The molecule has 1 amide bonds. The van der Waals surface area contributed by atoms with Crippen LogP contribution in [0.5, 0.6) is 0 Å². The van der Waals surface area contributed by atoms with Gasteiger partial charge in [-0.3, -0.25) is 15.6 Å². The van der Waals surface area contributed by atoms with E-state index in [0.717, 1.165) is 23.6 Å². The largest absolute Gasteiger partial charge is 0.361 e. The number of amides is 1. The van der Waals surface area contributed by atoms with Gasteiger partial charge in [0.05, 0.1) is 5.75 Å². The van der Waals surface area contributed by atoms with Crippen LogP contribution in [-0.4, -0.2) is 23.3 Å². The average molecular weight is 360 g/mol. The van der Waals surface area contributed by atoms with Gasteiger partial charge < -0.3 is 5.32 Å². The Morgan fingerprint density at radius 3 is 2.73 bits per heavy atom. The van der Waals surface area contributed by atoms with E-state index in [1.165, 1.54) is 11.8 Å². The Bertz CT molecular complexity index is 497. The predicted molar refractivity (Wildman–Crippen MR) is 98.9 cm³/mol. The van der Waals surface area contributed by atoms with Crippen LogP contribution >= 0.6 is 35.6 Å². The van der Waals surface area contributed by atoms with Crippen LogP contribution in [0.1, 0.15) is 25.8 Å². The Hall–Kier alpha value is -0.980. The molecule has 0 bridgehead atoms. The Kier molecular flexibility index (Phi) is 9.27. The van der Waals surface area contributed by atoms with E-state index in [-0.39, 0.29) is 5.91 Å². The number of thiocarbonyl (C=S) groups is 1. The van der Waals surface area contributed by atoms with Gasteiger partial charge in [-0.2, -0.15) is 0 Å². The number of rotatable bonds is 7. The maximum absolute atomic E-state index is 11.7. The molecule has 0 aromatic heterocycles. The van der Waals surface area contributed by atoms with Crippen LogP contribution in [0.25, 0.3) is 0 Å². The molecule has 0 aliphatic rings. The molecule has 0 fully saturated rings. The van der Waals surface area contributed by atoms with Crippen molar-refractivity contribution in [3.8, 4) is 0 Å². The highest BCUT2D eigenvalue weighted by Gasteiger charge is 2.04. The number of hydrazine groups is 1. The molecule has 1 rings (SSSR count). The third-order valence-electron chi connectivity index (χ3n) is 2.77. The van der Waals surface area contributed by atoms with Gasteiger partial charge in [0.15, 0.2) is 5.11 Å². The van der Waals surface area contributed by atoms with Crippen LogP contribution in [0.4, 0.5) is 0 Å². The standard InChI is InChI=1S/C15H22ClN3OS2/c1-11(2)7-8-17-15(21)19-18-14(20)10-22-9-12-5-3-4-6-13(12)16/h3-6,11H,7-10H2,1-2H3,(H,18,20)(H2,17,19,21). The van der Waals surface area contributed by atoms with Gasteiger partial charge in [0.1, 0.15) is 0 Å². The summed E-state index contributed by atoms with van der Waals surface area (Å²) in [6.45, 7) is 5.09. The molecule has 22 heavy (non-hydrogen) atoms. The second kappa shape index (κ2) is 10.7. The molecule has 0 heterocycles. The maximum Gasteiger partial charge on any atom is 0.248 e. The van der Waals surface area contributed by atoms with E-state index in [1.807, 2.05) is 24.3 Å². The second-order valence-corrected chi connectivity index (χ2v) is 7.00. The number of nitrogens with one attached hydrogen (secondary N) is 3. The highest BCUT2D eigenvalue weighted by Crippen LogP contribution is 2.20. The molecule has 3 N–H and O–H groups in total. The second-order valence-electron chi connectivity index (χ2n) is 5.20. The van der Waals surface area contributed by atoms with Crippen molar-refractivity contribution >= 4 is 46.6 Å². The lowest BCUT2D eigenvalue weighted by Gasteiger charge is -2.12. The van der Waals surface area contributed by atoms with Gasteiger partial charge in [0.2, 0.25) is 5.91 Å². The van der Waals surface area contributed by atoms with Crippen molar-refractivity contribution in [2.75, 3.05) is 12.3 Å². The lowest BCUT2D eigenvalue weighted by atomic mass is 10.1. The summed E-state index contributed by atoms with van der Waals surface area (Å²) >= 11 is 12.6. The summed E-state index contributed by atoms with van der Waals surface area (Å²) < 4.78 is 0. The van der Waals surface area contributed by atoms with Crippen LogP contribution in [0.15, 0.2) is 24.3 Å². The number of hydrogen-bond donors (Lipinski definition) is 3. The highest BCUT2D eigenvalue weighted by molar-refractivity contribution is 7.99. The van der Waals surface area contributed by atoms with E-state index in [4.69, 9.17) is 23.8 Å². The molecule has 0 saturated carbocycles. The van der Waals surface area contributed by atoms with Crippen molar-refractivity contribution in [3.63, 3.8) is 0 Å². The van der Waals surface area contributed by atoms with Gasteiger partial charge in [-0.15, -0.1) is 11.8 Å². The molecule has 0 saturated heterocycles. The van der Waals surface area contributed by atoms with E-state index in [2.05, 4.69) is 30.0 Å². The van der Waals surface area contributed by atoms with Crippen molar-refractivity contribution in [3.05, 3.63) is 34.9 Å². The minimum Gasteiger partial charge on any atom is -0.361 e. The minimum absolute atomic E-state index is 0.120. The average Bonchev–Trinajstić information content (AvgIpc) is 2.47. The maximum atomic E-state index is 11.7. The van der Waals surface area contributed by atoms with Crippen molar-refractivity contribution in [1.29, 1.82) is 0 Å². The van der Waals surface area contributed by atoms with Crippen LogP contribution in [0.2, 0.25) is 5.02 Å². The fraction of sp³-hybridized carbons (Fsp3) is 0.467. The smallest absolute Gasteiger partial charge is 0.248 e. The Morgan fingerprint density at radius 2 is 2.05 bits per heavy atom. The van der Waals surface area contributed by atoms with E-state index in [1.54, 1.807) is 0 Å². The first-order chi connectivity index (χ1) is 10.5. The molecule has 1 aromatic rings. The molecular formula is C15H22ClN3OS2. The van der Waals surface area contributed by atoms with Gasteiger partial charge in [-0.1, -0.05) is 43.6 Å². The fourth-order valence-electron chi connectivity index (χ4n) is 1.55. The molecule has 122 valence electrons. The third kappa shape index (κ3) is 8.46. The van der Waals surface area contributed by atoms with Crippen LogP contribution in [-0.2, 0) is 10.5 Å². The zero-order valence-corrected chi connectivity index (χ0v) is 15.2. The minimum atomic E-state index is -0.120. The van der Waals surface area contributed by atoms with Gasteiger partial charge in [0, 0.05) is 17.3 Å². The number of benzene rings is 1. The topological polar surface area (TPSA) is 53.2 Å². The SMILES string of the molecule is CC(C)CCNC(=S)NNC(=O)CSCc1ccccc1Cl. The number of carbonyl (C=O) groups excluding carboxylic acids is 1. The molecule has 0 spiro atoms. The van der Waals surface area contributed by atoms with Crippen LogP contribution in [0, 0.1) is 5.92 Å². The van der Waals surface area contributed by atoms with Gasteiger partial charge in [-0.05, 0) is 36.2 Å². The van der Waals surface area contributed by atoms with Crippen LogP contribution < -0.4 is 16.2 Å². The molecule has 1 aromatic carbocycles. The highest BCUT2D eigenvalue weighted by atomic mass is 35.5. The summed E-state index contributed by atoms with van der Waals surface area (Å²) in [6.07, 6.45) is 1.03. The van der Waals surface area contributed by atoms with Crippen molar-refractivity contribution in [1.82, 2.24) is 16.2 Å². The Morgan fingerprint density at radius 1 is 1.32 bits per heavy atom. The monoisotopic (exact) mass is 359 g/mol. The van der Waals surface area contributed by atoms with Crippen LogP contribution in [0.3, 0.4) is 0 Å². The molecule has 0 aliphatic carbocycles. The number of carbonyl (C=O) groups is 1. The van der Waals surface area contributed by atoms with Crippen molar-refractivity contribution in [2.45, 2.75) is 26.0 Å². The van der Waals surface area contributed by atoms with Gasteiger partial charge in [-0.25, -0.2) is 0 Å².